The van der Waals surface area contributed by atoms with E-state index in [9.17, 15) is 13.2 Å². The molecular weight excluding hydrogens is 297 g/mol. The molecular formula is C11H13Cl2NO3S. The van der Waals surface area contributed by atoms with Crippen molar-refractivity contribution in [2.75, 3.05) is 13.1 Å². The van der Waals surface area contributed by atoms with E-state index in [1.807, 2.05) is 0 Å². The molecule has 0 saturated carbocycles. The van der Waals surface area contributed by atoms with E-state index in [0.29, 0.717) is 13.1 Å². The van der Waals surface area contributed by atoms with Crippen LogP contribution in [0.2, 0.25) is 5.02 Å². The summed E-state index contributed by atoms with van der Waals surface area (Å²) in [6, 6.07) is 3.94. The van der Waals surface area contributed by atoms with Gasteiger partial charge in [0.2, 0.25) is 10.0 Å². The molecule has 0 heterocycles. The van der Waals surface area contributed by atoms with Gasteiger partial charge in [-0.05, 0) is 29.8 Å². The lowest BCUT2D eigenvalue weighted by Crippen LogP contribution is -2.30. The molecule has 100 valence electrons. The molecule has 7 heteroatoms. The van der Waals surface area contributed by atoms with E-state index >= 15 is 0 Å². The van der Waals surface area contributed by atoms with Gasteiger partial charge in [0.25, 0.3) is 5.24 Å². The molecule has 0 aliphatic rings. The third-order valence-corrected chi connectivity index (χ3v) is 5.23. The van der Waals surface area contributed by atoms with Crippen molar-refractivity contribution in [1.29, 1.82) is 0 Å². The predicted octanol–water partition coefficient (Wildman–Crippen LogP) is 2.75. The first-order valence-electron chi connectivity index (χ1n) is 5.34. The van der Waals surface area contributed by atoms with Gasteiger partial charge in [0.15, 0.2) is 0 Å². The van der Waals surface area contributed by atoms with Crippen LogP contribution in [0.25, 0.3) is 0 Å². The number of carbonyl (C=O) groups excluding carboxylic acids is 1. The molecule has 0 amide bonds. The summed E-state index contributed by atoms with van der Waals surface area (Å²) in [5, 5.41) is -0.647. The quantitative estimate of drug-likeness (QED) is 0.786. The smallest absolute Gasteiger partial charge is 0.252 e. The molecule has 0 fully saturated rings. The second-order valence-electron chi connectivity index (χ2n) is 3.51. The Morgan fingerprint density at radius 3 is 2.28 bits per heavy atom. The molecule has 18 heavy (non-hydrogen) atoms. The van der Waals surface area contributed by atoms with Crippen molar-refractivity contribution in [2.45, 2.75) is 18.7 Å². The van der Waals surface area contributed by atoms with Gasteiger partial charge in [0.05, 0.1) is 5.02 Å². The molecule has 0 atom stereocenters. The third-order valence-electron chi connectivity index (χ3n) is 2.48. The van der Waals surface area contributed by atoms with Crippen LogP contribution in [-0.2, 0) is 10.0 Å². The van der Waals surface area contributed by atoms with E-state index in [1.54, 1.807) is 13.8 Å². The second kappa shape index (κ2) is 6.02. The normalized spacial score (nSPS) is 11.8. The van der Waals surface area contributed by atoms with Gasteiger partial charge in [0.1, 0.15) is 4.90 Å². The fraction of sp³-hybridized carbons (Fsp3) is 0.364. The first kappa shape index (κ1) is 15.4. The molecule has 0 saturated heterocycles. The van der Waals surface area contributed by atoms with Crippen molar-refractivity contribution in [2.24, 2.45) is 0 Å². The molecule has 0 aromatic heterocycles. The highest BCUT2D eigenvalue weighted by atomic mass is 35.5. The van der Waals surface area contributed by atoms with Crippen molar-refractivity contribution in [1.82, 2.24) is 4.31 Å². The van der Waals surface area contributed by atoms with Crippen LogP contribution in [0.15, 0.2) is 23.1 Å². The second-order valence-corrected chi connectivity index (χ2v) is 6.17. The lowest BCUT2D eigenvalue weighted by Gasteiger charge is -2.19. The van der Waals surface area contributed by atoms with Gasteiger partial charge < -0.3 is 0 Å². The number of benzene rings is 1. The molecule has 0 bridgehead atoms. The van der Waals surface area contributed by atoms with E-state index in [-0.39, 0.29) is 15.5 Å². The van der Waals surface area contributed by atoms with Gasteiger partial charge in [-0.25, -0.2) is 8.42 Å². The summed E-state index contributed by atoms with van der Waals surface area (Å²) < 4.78 is 25.8. The van der Waals surface area contributed by atoms with E-state index in [2.05, 4.69) is 0 Å². The summed E-state index contributed by atoms with van der Waals surface area (Å²) in [7, 11) is -3.70. The SMILES string of the molecule is CCN(CC)S(=O)(=O)c1cc(C(=O)Cl)ccc1Cl. The molecule has 0 spiro atoms. The Hall–Kier alpha value is -0.620. The molecule has 4 nitrogen and oxygen atoms in total. The van der Waals surface area contributed by atoms with E-state index in [1.165, 1.54) is 22.5 Å². The first-order valence-corrected chi connectivity index (χ1v) is 7.53. The molecule has 0 unspecified atom stereocenters. The van der Waals surface area contributed by atoms with Crippen LogP contribution >= 0.6 is 23.2 Å². The number of halogens is 2. The van der Waals surface area contributed by atoms with Gasteiger partial charge in [-0.3, -0.25) is 4.79 Å². The Kier molecular flexibility index (Phi) is 5.16. The highest BCUT2D eigenvalue weighted by Gasteiger charge is 2.25. The van der Waals surface area contributed by atoms with Crippen LogP contribution in [0, 0.1) is 0 Å². The maximum atomic E-state index is 12.3. The fourth-order valence-electron chi connectivity index (χ4n) is 1.53. The summed E-state index contributed by atoms with van der Waals surface area (Å²) in [4.78, 5) is 11.0. The van der Waals surface area contributed by atoms with E-state index < -0.39 is 15.3 Å². The van der Waals surface area contributed by atoms with Crippen molar-refractivity contribution in [3.63, 3.8) is 0 Å². The van der Waals surface area contributed by atoms with Gasteiger partial charge in [-0.1, -0.05) is 25.4 Å². The van der Waals surface area contributed by atoms with E-state index in [0.717, 1.165) is 0 Å². The van der Waals surface area contributed by atoms with Crippen LogP contribution in [0.1, 0.15) is 24.2 Å². The molecule has 0 N–H and O–H groups in total. The van der Waals surface area contributed by atoms with Crippen molar-refractivity contribution in [3.8, 4) is 0 Å². The standard InChI is InChI=1S/C11H13Cl2NO3S/c1-3-14(4-2)18(16,17)10-7-8(11(13)15)5-6-9(10)12/h5-7H,3-4H2,1-2H3. The molecule has 0 aliphatic carbocycles. The van der Waals surface area contributed by atoms with Gasteiger partial charge >= 0.3 is 0 Å². The van der Waals surface area contributed by atoms with Crippen LogP contribution < -0.4 is 0 Å². The predicted molar refractivity (Wildman–Crippen MR) is 71.7 cm³/mol. The Morgan fingerprint density at radius 2 is 1.83 bits per heavy atom. The van der Waals surface area contributed by atoms with E-state index in [4.69, 9.17) is 23.2 Å². The van der Waals surface area contributed by atoms with Crippen molar-refractivity contribution >= 4 is 38.5 Å². The van der Waals surface area contributed by atoms with Crippen molar-refractivity contribution < 1.29 is 13.2 Å². The zero-order valence-electron chi connectivity index (χ0n) is 9.98. The summed E-state index contributed by atoms with van der Waals surface area (Å²) in [6.07, 6.45) is 0. The lowest BCUT2D eigenvalue weighted by atomic mass is 10.2. The zero-order valence-corrected chi connectivity index (χ0v) is 12.3. The van der Waals surface area contributed by atoms with Crippen molar-refractivity contribution in [3.05, 3.63) is 28.8 Å². The first-order chi connectivity index (χ1) is 8.34. The number of hydrogen-bond acceptors (Lipinski definition) is 3. The average molecular weight is 310 g/mol. The van der Waals surface area contributed by atoms with Crippen LogP contribution in [0.4, 0.5) is 0 Å². The van der Waals surface area contributed by atoms with Crippen LogP contribution in [-0.4, -0.2) is 31.1 Å². The summed E-state index contributed by atoms with van der Waals surface area (Å²) in [5.74, 6) is 0. The lowest BCUT2D eigenvalue weighted by molar-refractivity contribution is 0.108. The Balaban J connectivity index is 3.40. The summed E-state index contributed by atoms with van der Waals surface area (Å²) in [5.41, 5.74) is 0.104. The molecule has 0 aliphatic heterocycles. The number of rotatable bonds is 5. The largest absolute Gasteiger partial charge is 0.276 e. The molecule has 0 radical (unpaired) electrons. The molecule has 1 rings (SSSR count). The topological polar surface area (TPSA) is 54.5 Å². The molecule has 1 aromatic carbocycles. The van der Waals surface area contributed by atoms with Gasteiger partial charge in [-0.15, -0.1) is 0 Å². The fourth-order valence-corrected chi connectivity index (χ4v) is 3.60. The number of hydrogen-bond donors (Lipinski definition) is 0. The average Bonchev–Trinajstić information content (AvgIpc) is 2.30. The zero-order chi connectivity index (χ0) is 13.9. The van der Waals surface area contributed by atoms with Gasteiger partial charge in [-0.2, -0.15) is 4.31 Å². The number of carbonyl (C=O) groups is 1. The van der Waals surface area contributed by atoms with Gasteiger partial charge in [0, 0.05) is 18.7 Å². The minimum Gasteiger partial charge on any atom is -0.276 e. The Bertz CT molecular complexity index is 553. The van der Waals surface area contributed by atoms with Crippen LogP contribution in [0.3, 0.4) is 0 Å². The number of sulfonamides is 1. The number of nitrogens with zero attached hydrogens (tertiary/aromatic N) is 1. The maximum Gasteiger partial charge on any atom is 0.252 e. The van der Waals surface area contributed by atoms with Crippen LogP contribution in [0.5, 0.6) is 0 Å². The minimum absolute atomic E-state index is 0.0727. The third kappa shape index (κ3) is 3.03. The Labute approximate surface area is 117 Å². The maximum absolute atomic E-state index is 12.3. The highest BCUT2D eigenvalue weighted by molar-refractivity contribution is 7.89. The monoisotopic (exact) mass is 309 g/mol. The molecule has 1 aromatic rings. The minimum atomic E-state index is -3.70. The summed E-state index contributed by atoms with van der Waals surface area (Å²) >= 11 is 11.2. The Morgan fingerprint density at radius 1 is 1.28 bits per heavy atom. The summed E-state index contributed by atoms with van der Waals surface area (Å²) in [6.45, 7) is 4.11. The highest BCUT2D eigenvalue weighted by Crippen LogP contribution is 2.26.